The van der Waals surface area contributed by atoms with Crippen LogP contribution < -0.4 is 5.32 Å². The molecule has 27 heavy (non-hydrogen) atoms. The summed E-state index contributed by atoms with van der Waals surface area (Å²) in [5.74, 6) is 0.997. The Morgan fingerprint density at radius 2 is 2.04 bits per heavy atom. The number of aryl methyl sites for hydroxylation is 1. The first-order valence-corrected chi connectivity index (χ1v) is 9.89. The van der Waals surface area contributed by atoms with Gasteiger partial charge in [0.05, 0.1) is 0 Å². The highest BCUT2D eigenvalue weighted by Crippen LogP contribution is 2.31. The molecule has 4 rings (SSSR count). The molecular weight excluding hydrogens is 336 g/mol. The van der Waals surface area contributed by atoms with Gasteiger partial charge in [0.1, 0.15) is 11.3 Å². The molecule has 2 heterocycles. The SMILES string of the molecule is Cc1cccc(C(=O)NCCc2nc3cccnc3n2C2CCCCC2)c1. The summed E-state index contributed by atoms with van der Waals surface area (Å²) in [6.45, 7) is 2.57. The van der Waals surface area contributed by atoms with Crippen LogP contribution in [-0.2, 0) is 6.42 Å². The summed E-state index contributed by atoms with van der Waals surface area (Å²) >= 11 is 0. The minimum absolute atomic E-state index is 0.0304. The van der Waals surface area contributed by atoms with Crippen LogP contribution >= 0.6 is 0 Å². The minimum atomic E-state index is -0.0304. The lowest BCUT2D eigenvalue weighted by molar-refractivity contribution is 0.0954. The van der Waals surface area contributed by atoms with Crippen LogP contribution in [0.1, 0.15) is 59.9 Å². The van der Waals surface area contributed by atoms with E-state index in [0.717, 1.165) is 22.6 Å². The highest BCUT2D eigenvalue weighted by Gasteiger charge is 2.22. The lowest BCUT2D eigenvalue weighted by Gasteiger charge is -2.25. The van der Waals surface area contributed by atoms with Crippen molar-refractivity contribution in [2.24, 2.45) is 0 Å². The topological polar surface area (TPSA) is 59.8 Å². The van der Waals surface area contributed by atoms with Crippen molar-refractivity contribution >= 4 is 17.1 Å². The standard InChI is InChI=1S/C22H26N4O/c1-16-7-5-8-17(15-16)22(27)24-14-12-20-25-19-11-6-13-23-21(19)26(20)18-9-3-2-4-10-18/h5-8,11,13,15,18H,2-4,9-10,12,14H2,1H3,(H,24,27). The molecule has 1 aliphatic rings. The molecule has 0 aliphatic heterocycles. The van der Waals surface area contributed by atoms with Crippen LogP contribution in [0.25, 0.3) is 11.2 Å². The summed E-state index contributed by atoms with van der Waals surface area (Å²) < 4.78 is 2.33. The largest absolute Gasteiger partial charge is 0.352 e. The molecule has 1 fully saturated rings. The van der Waals surface area contributed by atoms with Crippen LogP contribution in [0.15, 0.2) is 42.6 Å². The van der Waals surface area contributed by atoms with Crippen LogP contribution in [0.3, 0.4) is 0 Å². The number of pyridine rings is 1. The van der Waals surface area contributed by atoms with Crippen LogP contribution in [0.5, 0.6) is 0 Å². The van der Waals surface area contributed by atoms with E-state index in [0.29, 0.717) is 24.6 Å². The first-order chi connectivity index (χ1) is 13.2. The third kappa shape index (κ3) is 3.87. The van der Waals surface area contributed by atoms with Gasteiger partial charge in [-0.1, -0.05) is 37.0 Å². The summed E-state index contributed by atoms with van der Waals surface area (Å²) in [6.07, 6.45) is 8.77. The number of imidazole rings is 1. The van der Waals surface area contributed by atoms with Crippen molar-refractivity contribution < 1.29 is 4.79 Å². The molecule has 5 heteroatoms. The predicted octanol–water partition coefficient (Wildman–Crippen LogP) is 4.22. The predicted molar refractivity (Wildman–Crippen MR) is 107 cm³/mol. The van der Waals surface area contributed by atoms with Gasteiger partial charge in [0, 0.05) is 30.8 Å². The van der Waals surface area contributed by atoms with E-state index in [4.69, 9.17) is 4.98 Å². The van der Waals surface area contributed by atoms with Gasteiger partial charge in [-0.15, -0.1) is 0 Å². The van der Waals surface area contributed by atoms with Gasteiger partial charge < -0.3 is 9.88 Å². The molecule has 140 valence electrons. The van der Waals surface area contributed by atoms with Crippen LogP contribution in [0, 0.1) is 6.92 Å². The maximum atomic E-state index is 12.4. The highest BCUT2D eigenvalue weighted by molar-refractivity contribution is 5.94. The van der Waals surface area contributed by atoms with Crippen molar-refractivity contribution in [1.29, 1.82) is 0 Å². The number of nitrogens with zero attached hydrogens (tertiary/aromatic N) is 3. The van der Waals surface area contributed by atoms with Gasteiger partial charge in [-0.2, -0.15) is 0 Å². The van der Waals surface area contributed by atoms with Crippen molar-refractivity contribution in [3.63, 3.8) is 0 Å². The second-order valence-electron chi connectivity index (χ2n) is 7.41. The van der Waals surface area contributed by atoms with Crippen LogP contribution in [0.2, 0.25) is 0 Å². The number of rotatable bonds is 5. The molecular formula is C22H26N4O. The summed E-state index contributed by atoms with van der Waals surface area (Å²) in [4.78, 5) is 21.8. The number of benzene rings is 1. The lowest BCUT2D eigenvalue weighted by Crippen LogP contribution is -2.27. The molecule has 0 unspecified atom stereocenters. The minimum Gasteiger partial charge on any atom is -0.352 e. The average Bonchev–Trinajstić information content (AvgIpc) is 3.07. The van der Waals surface area contributed by atoms with Crippen molar-refractivity contribution in [2.45, 2.75) is 51.5 Å². The van der Waals surface area contributed by atoms with Gasteiger partial charge in [-0.05, 0) is 44.0 Å². The normalized spacial score (nSPS) is 15.1. The number of nitrogens with one attached hydrogen (secondary N) is 1. The Balaban J connectivity index is 1.50. The van der Waals surface area contributed by atoms with Gasteiger partial charge in [0.15, 0.2) is 5.65 Å². The number of hydrogen-bond donors (Lipinski definition) is 1. The summed E-state index contributed by atoms with van der Waals surface area (Å²) in [5, 5.41) is 3.04. The molecule has 1 N–H and O–H groups in total. The van der Waals surface area contributed by atoms with Crippen LogP contribution in [-0.4, -0.2) is 27.0 Å². The van der Waals surface area contributed by atoms with Crippen LogP contribution in [0.4, 0.5) is 0 Å². The van der Waals surface area contributed by atoms with Crippen molar-refractivity contribution in [2.75, 3.05) is 6.54 Å². The Morgan fingerprint density at radius 3 is 2.85 bits per heavy atom. The van der Waals surface area contributed by atoms with E-state index in [-0.39, 0.29) is 5.91 Å². The van der Waals surface area contributed by atoms with E-state index < -0.39 is 0 Å². The second-order valence-corrected chi connectivity index (χ2v) is 7.41. The molecule has 1 aliphatic carbocycles. The summed E-state index contributed by atoms with van der Waals surface area (Å²) in [5.41, 5.74) is 3.72. The Bertz CT molecular complexity index is 940. The maximum Gasteiger partial charge on any atom is 0.251 e. The quantitative estimate of drug-likeness (QED) is 0.739. The smallest absolute Gasteiger partial charge is 0.251 e. The summed E-state index contributed by atoms with van der Waals surface area (Å²) in [7, 11) is 0. The zero-order valence-electron chi connectivity index (χ0n) is 15.8. The van der Waals surface area contributed by atoms with Crippen molar-refractivity contribution in [3.8, 4) is 0 Å². The van der Waals surface area contributed by atoms with E-state index >= 15 is 0 Å². The molecule has 0 radical (unpaired) electrons. The van der Waals surface area contributed by atoms with Gasteiger partial charge in [0.25, 0.3) is 5.91 Å². The Morgan fingerprint density at radius 1 is 1.19 bits per heavy atom. The van der Waals surface area contributed by atoms with Crippen molar-refractivity contribution in [1.82, 2.24) is 19.9 Å². The fraction of sp³-hybridized carbons (Fsp3) is 0.409. The van der Waals surface area contributed by atoms with E-state index in [1.807, 2.05) is 49.5 Å². The first kappa shape index (κ1) is 17.7. The average molecular weight is 362 g/mol. The second kappa shape index (κ2) is 7.91. The first-order valence-electron chi connectivity index (χ1n) is 9.89. The van der Waals surface area contributed by atoms with E-state index in [2.05, 4.69) is 14.9 Å². The third-order valence-corrected chi connectivity index (χ3v) is 5.38. The number of carbonyl (C=O) groups excluding carboxylic acids is 1. The third-order valence-electron chi connectivity index (χ3n) is 5.38. The number of aromatic nitrogens is 3. The molecule has 1 aromatic carbocycles. The molecule has 0 bridgehead atoms. The van der Waals surface area contributed by atoms with Gasteiger partial charge >= 0.3 is 0 Å². The fourth-order valence-corrected chi connectivity index (χ4v) is 4.05. The molecule has 1 saturated carbocycles. The molecule has 5 nitrogen and oxygen atoms in total. The Kier molecular flexibility index (Phi) is 5.19. The van der Waals surface area contributed by atoms with Gasteiger partial charge in [-0.3, -0.25) is 4.79 Å². The number of hydrogen-bond acceptors (Lipinski definition) is 3. The highest BCUT2D eigenvalue weighted by atomic mass is 16.1. The number of amides is 1. The van der Waals surface area contributed by atoms with E-state index in [1.54, 1.807) is 0 Å². The number of carbonyl (C=O) groups is 1. The molecule has 2 aromatic heterocycles. The van der Waals surface area contributed by atoms with Crippen molar-refractivity contribution in [3.05, 3.63) is 59.5 Å². The molecule has 0 atom stereocenters. The lowest BCUT2D eigenvalue weighted by atomic mass is 9.95. The molecule has 3 aromatic rings. The molecule has 0 saturated heterocycles. The monoisotopic (exact) mass is 362 g/mol. The molecule has 1 amide bonds. The Labute approximate surface area is 159 Å². The van der Waals surface area contributed by atoms with E-state index in [1.165, 1.54) is 32.1 Å². The summed E-state index contributed by atoms with van der Waals surface area (Å²) in [6, 6.07) is 12.1. The van der Waals surface area contributed by atoms with Gasteiger partial charge in [-0.25, -0.2) is 9.97 Å². The number of fused-ring (bicyclic) bond motifs is 1. The maximum absolute atomic E-state index is 12.4. The fourth-order valence-electron chi connectivity index (χ4n) is 4.05. The zero-order chi connectivity index (χ0) is 18.6. The Hall–Kier alpha value is -2.69. The van der Waals surface area contributed by atoms with Gasteiger partial charge in [0.2, 0.25) is 0 Å². The zero-order valence-corrected chi connectivity index (χ0v) is 15.8. The van der Waals surface area contributed by atoms with E-state index in [9.17, 15) is 4.79 Å². The molecule has 0 spiro atoms.